The number of halogens is 1. The molecule has 2 unspecified atom stereocenters. The van der Waals surface area contributed by atoms with Gasteiger partial charge in [0.05, 0.1) is 0 Å². The highest BCUT2D eigenvalue weighted by Gasteiger charge is 2.37. The van der Waals surface area contributed by atoms with Crippen molar-refractivity contribution in [3.63, 3.8) is 0 Å². The van der Waals surface area contributed by atoms with Crippen LogP contribution in [0.1, 0.15) is 32.6 Å². The highest BCUT2D eigenvalue weighted by Crippen LogP contribution is 2.22. The first kappa shape index (κ1) is 16.2. The van der Waals surface area contributed by atoms with Crippen LogP contribution in [-0.2, 0) is 10.2 Å². The van der Waals surface area contributed by atoms with E-state index in [1.54, 1.807) is 8.61 Å². The van der Waals surface area contributed by atoms with Crippen LogP contribution in [0.3, 0.4) is 0 Å². The van der Waals surface area contributed by atoms with Crippen molar-refractivity contribution in [2.75, 3.05) is 26.2 Å². The van der Waals surface area contributed by atoms with Gasteiger partial charge in [-0.2, -0.15) is 17.0 Å². The summed E-state index contributed by atoms with van der Waals surface area (Å²) in [4.78, 5) is 0. The van der Waals surface area contributed by atoms with Gasteiger partial charge in [0.15, 0.2) is 0 Å². The lowest BCUT2D eigenvalue weighted by atomic mass is 10.1. The van der Waals surface area contributed by atoms with Crippen LogP contribution in [0.4, 0.5) is 0 Å². The molecule has 108 valence electrons. The number of nitrogens with zero attached hydrogens (tertiary/aromatic N) is 2. The third-order valence-corrected chi connectivity index (χ3v) is 5.82. The third-order valence-electron chi connectivity index (χ3n) is 3.85. The van der Waals surface area contributed by atoms with Crippen LogP contribution in [0.2, 0.25) is 0 Å². The Morgan fingerprint density at radius 3 is 2.00 bits per heavy atom. The van der Waals surface area contributed by atoms with Crippen molar-refractivity contribution in [3.05, 3.63) is 0 Å². The summed E-state index contributed by atoms with van der Waals surface area (Å²) in [5.41, 5.74) is 5.90. The minimum Gasteiger partial charge on any atom is -0.326 e. The molecule has 2 saturated heterocycles. The normalized spacial score (nSPS) is 31.9. The van der Waals surface area contributed by atoms with Crippen LogP contribution in [0, 0.1) is 5.92 Å². The number of rotatable bonds is 2. The topological polar surface area (TPSA) is 66.6 Å². The second kappa shape index (κ2) is 6.52. The van der Waals surface area contributed by atoms with Crippen molar-refractivity contribution >= 4 is 22.6 Å². The number of hydrogen-bond donors (Lipinski definition) is 1. The fourth-order valence-corrected chi connectivity index (χ4v) is 4.40. The van der Waals surface area contributed by atoms with Gasteiger partial charge < -0.3 is 5.73 Å². The Hall–Kier alpha value is 0.120. The molecule has 2 aliphatic heterocycles. The van der Waals surface area contributed by atoms with Gasteiger partial charge in [0.1, 0.15) is 0 Å². The summed E-state index contributed by atoms with van der Waals surface area (Å²) < 4.78 is 28.1. The summed E-state index contributed by atoms with van der Waals surface area (Å²) >= 11 is 0. The summed E-state index contributed by atoms with van der Waals surface area (Å²) in [7, 11) is -3.26. The lowest BCUT2D eigenvalue weighted by Crippen LogP contribution is -2.44. The summed E-state index contributed by atoms with van der Waals surface area (Å²) in [6.45, 7) is 4.40. The van der Waals surface area contributed by atoms with Gasteiger partial charge in [-0.3, -0.25) is 0 Å². The predicted octanol–water partition coefficient (Wildman–Crippen LogP) is 0.808. The molecule has 2 heterocycles. The second-order valence-electron chi connectivity index (χ2n) is 5.28. The Morgan fingerprint density at radius 1 is 1.00 bits per heavy atom. The monoisotopic (exact) mass is 297 g/mol. The second-order valence-corrected chi connectivity index (χ2v) is 7.21. The smallest absolute Gasteiger partial charge is 0.282 e. The van der Waals surface area contributed by atoms with Gasteiger partial charge in [0.25, 0.3) is 10.2 Å². The molecule has 0 radical (unpaired) electrons. The van der Waals surface area contributed by atoms with Crippen molar-refractivity contribution in [3.8, 4) is 0 Å². The third kappa shape index (κ3) is 3.36. The van der Waals surface area contributed by atoms with Crippen molar-refractivity contribution in [1.82, 2.24) is 8.61 Å². The molecule has 2 N–H and O–H groups in total. The molecule has 2 aliphatic rings. The summed E-state index contributed by atoms with van der Waals surface area (Å²) in [5.74, 6) is 0.261. The van der Waals surface area contributed by atoms with E-state index in [-0.39, 0.29) is 24.4 Å². The fourth-order valence-electron chi connectivity index (χ4n) is 2.57. The molecule has 0 bridgehead atoms. The molecule has 0 aromatic heterocycles. The van der Waals surface area contributed by atoms with Crippen LogP contribution < -0.4 is 5.73 Å². The van der Waals surface area contributed by atoms with E-state index in [1.165, 1.54) is 0 Å². The van der Waals surface area contributed by atoms with E-state index in [2.05, 4.69) is 0 Å². The van der Waals surface area contributed by atoms with E-state index in [1.807, 2.05) is 6.92 Å². The van der Waals surface area contributed by atoms with E-state index < -0.39 is 10.2 Å². The van der Waals surface area contributed by atoms with Gasteiger partial charge in [-0.05, 0) is 18.8 Å². The lowest BCUT2D eigenvalue weighted by Gasteiger charge is -2.26. The van der Waals surface area contributed by atoms with E-state index in [0.717, 1.165) is 25.7 Å². The van der Waals surface area contributed by atoms with Crippen molar-refractivity contribution < 1.29 is 8.42 Å². The van der Waals surface area contributed by atoms with Crippen LogP contribution in [0.15, 0.2) is 0 Å². The molecule has 0 amide bonds. The van der Waals surface area contributed by atoms with Crippen LogP contribution in [0.25, 0.3) is 0 Å². The van der Waals surface area contributed by atoms with Gasteiger partial charge in [0, 0.05) is 32.2 Å². The van der Waals surface area contributed by atoms with E-state index in [0.29, 0.717) is 26.2 Å². The molecule has 0 aromatic carbocycles. The average Bonchev–Trinajstić information content (AvgIpc) is 2.54. The fraction of sp³-hybridized carbons (Fsp3) is 1.00. The maximum Gasteiger partial charge on any atom is 0.282 e. The van der Waals surface area contributed by atoms with Crippen LogP contribution in [-0.4, -0.2) is 49.2 Å². The molecule has 0 spiro atoms. The van der Waals surface area contributed by atoms with Crippen LogP contribution >= 0.6 is 12.4 Å². The number of nitrogens with two attached hydrogens (primary N) is 1. The summed E-state index contributed by atoms with van der Waals surface area (Å²) in [6.07, 6.45) is 4.24. The molecule has 5 nitrogen and oxygen atoms in total. The summed E-state index contributed by atoms with van der Waals surface area (Å²) in [5, 5.41) is 0. The van der Waals surface area contributed by atoms with Gasteiger partial charge in [-0.25, -0.2) is 0 Å². The summed E-state index contributed by atoms with van der Waals surface area (Å²) in [6, 6.07) is -0.0169. The molecule has 2 fully saturated rings. The first-order valence-electron chi connectivity index (χ1n) is 6.52. The van der Waals surface area contributed by atoms with Crippen molar-refractivity contribution in [2.24, 2.45) is 11.7 Å². The van der Waals surface area contributed by atoms with Gasteiger partial charge >= 0.3 is 0 Å². The largest absolute Gasteiger partial charge is 0.326 e. The molecule has 0 saturated carbocycles. The van der Waals surface area contributed by atoms with E-state index in [4.69, 9.17) is 5.73 Å². The lowest BCUT2D eigenvalue weighted by molar-refractivity contribution is 0.363. The Balaban J connectivity index is 0.00000162. The minimum atomic E-state index is -3.26. The predicted molar refractivity (Wildman–Crippen MR) is 74.9 cm³/mol. The Kier molecular flexibility index (Phi) is 5.86. The first-order valence-corrected chi connectivity index (χ1v) is 7.92. The van der Waals surface area contributed by atoms with E-state index >= 15 is 0 Å². The quantitative estimate of drug-likeness (QED) is 0.820. The highest BCUT2D eigenvalue weighted by atomic mass is 35.5. The zero-order valence-corrected chi connectivity index (χ0v) is 12.5. The van der Waals surface area contributed by atoms with Gasteiger partial charge in [0.2, 0.25) is 0 Å². The first-order chi connectivity index (χ1) is 8.01. The van der Waals surface area contributed by atoms with Crippen molar-refractivity contribution in [2.45, 2.75) is 38.6 Å². The highest BCUT2D eigenvalue weighted by molar-refractivity contribution is 7.86. The molecular formula is C11H24ClN3O2S. The Bertz CT molecular complexity index is 337. The molecule has 0 aliphatic carbocycles. The zero-order chi connectivity index (χ0) is 12.5. The standard InChI is InChI=1S/C11H23N3O2S.ClH/c1-10-8-14(9-11(10)12)17(15,16)13-6-4-2-3-5-7-13;/h10-11H,2-9,12H2,1H3;1H. The molecule has 0 aromatic rings. The molecule has 2 atom stereocenters. The maximum absolute atomic E-state index is 12.4. The number of hydrogen-bond acceptors (Lipinski definition) is 3. The minimum absolute atomic E-state index is 0. The SMILES string of the molecule is CC1CN(S(=O)(=O)N2CCCCCC2)CC1N.Cl. The molecule has 18 heavy (non-hydrogen) atoms. The molecule has 7 heteroatoms. The zero-order valence-electron chi connectivity index (χ0n) is 10.9. The molecule has 2 rings (SSSR count). The Morgan fingerprint density at radius 2 is 1.56 bits per heavy atom. The average molecular weight is 298 g/mol. The Labute approximate surface area is 116 Å². The van der Waals surface area contributed by atoms with Gasteiger partial charge in [-0.15, -0.1) is 12.4 Å². The van der Waals surface area contributed by atoms with E-state index in [9.17, 15) is 8.42 Å². The van der Waals surface area contributed by atoms with Crippen molar-refractivity contribution in [1.29, 1.82) is 0 Å². The maximum atomic E-state index is 12.4. The van der Waals surface area contributed by atoms with Crippen LogP contribution in [0.5, 0.6) is 0 Å². The molecular weight excluding hydrogens is 274 g/mol. The van der Waals surface area contributed by atoms with Gasteiger partial charge in [-0.1, -0.05) is 19.8 Å².